The number of carboxylic acid groups (broad SMARTS) is 1. The van der Waals surface area contributed by atoms with Crippen LogP contribution in [0.25, 0.3) is 0 Å². The molecule has 3 unspecified atom stereocenters. The third-order valence-electron chi connectivity index (χ3n) is 3.91. The number of nitrogens with zero attached hydrogens (tertiary/aromatic N) is 3. The van der Waals surface area contributed by atoms with Crippen molar-refractivity contribution in [3.63, 3.8) is 0 Å². The van der Waals surface area contributed by atoms with Gasteiger partial charge < -0.3 is 10.0 Å². The van der Waals surface area contributed by atoms with Crippen molar-refractivity contribution in [3.05, 3.63) is 18.1 Å². The molecule has 5 heteroatoms. The predicted octanol–water partition coefficient (Wildman–Crippen LogP) is 1.23. The zero-order valence-electron chi connectivity index (χ0n) is 9.71. The number of anilines is 1. The van der Waals surface area contributed by atoms with E-state index in [1.165, 1.54) is 0 Å². The molecule has 90 valence electrons. The summed E-state index contributed by atoms with van der Waals surface area (Å²) < 4.78 is 0. The van der Waals surface area contributed by atoms with Crippen molar-refractivity contribution in [2.24, 2.45) is 5.92 Å². The van der Waals surface area contributed by atoms with E-state index in [0.29, 0.717) is 6.04 Å². The van der Waals surface area contributed by atoms with E-state index in [2.05, 4.69) is 14.9 Å². The highest BCUT2D eigenvalue weighted by molar-refractivity contribution is 5.73. The summed E-state index contributed by atoms with van der Waals surface area (Å²) in [6.07, 6.45) is 4.35. The zero-order chi connectivity index (χ0) is 12.0. The Morgan fingerprint density at radius 1 is 1.47 bits per heavy atom. The number of hydrogen-bond donors (Lipinski definition) is 1. The molecule has 2 aliphatic heterocycles. The predicted molar refractivity (Wildman–Crippen MR) is 61.8 cm³/mol. The average molecular weight is 233 g/mol. The molecule has 0 amide bonds. The Labute approximate surface area is 99.5 Å². The molecule has 1 aromatic rings. The highest BCUT2D eigenvalue weighted by Gasteiger charge is 2.49. The van der Waals surface area contributed by atoms with Crippen LogP contribution in [-0.2, 0) is 4.79 Å². The van der Waals surface area contributed by atoms with Gasteiger partial charge in [-0.2, -0.15) is 0 Å². The third kappa shape index (κ3) is 1.57. The van der Waals surface area contributed by atoms with Crippen molar-refractivity contribution in [1.82, 2.24) is 9.97 Å². The van der Waals surface area contributed by atoms with Crippen LogP contribution in [-0.4, -0.2) is 33.1 Å². The number of rotatable bonds is 2. The number of aryl methyl sites for hydroxylation is 1. The molecule has 1 aromatic heterocycles. The van der Waals surface area contributed by atoms with E-state index < -0.39 is 5.97 Å². The summed E-state index contributed by atoms with van der Waals surface area (Å²) in [7, 11) is 0. The molecule has 0 aliphatic carbocycles. The monoisotopic (exact) mass is 233 g/mol. The molecule has 2 fully saturated rings. The first-order chi connectivity index (χ1) is 8.16. The second kappa shape index (κ2) is 3.68. The summed E-state index contributed by atoms with van der Waals surface area (Å²) in [6, 6.07) is 2.40. The van der Waals surface area contributed by atoms with Gasteiger partial charge in [0.15, 0.2) is 0 Å². The van der Waals surface area contributed by atoms with Crippen molar-refractivity contribution in [1.29, 1.82) is 0 Å². The summed E-state index contributed by atoms with van der Waals surface area (Å²) in [5, 5.41) is 9.20. The smallest absolute Gasteiger partial charge is 0.308 e. The number of fused-ring (bicyclic) bond motifs is 2. The standard InChI is InChI=1S/C12H15N3O2/c1-7-4-11(14-6-13-7)15-8-2-3-10(15)9(5-8)12(16)17/h4,6,8-10H,2-3,5H2,1H3,(H,16,17). The van der Waals surface area contributed by atoms with E-state index >= 15 is 0 Å². The second-order valence-electron chi connectivity index (χ2n) is 4.90. The topological polar surface area (TPSA) is 66.3 Å². The Morgan fingerprint density at radius 2 is 2.29 bits per heavy atom. The Bertz CT molecular complexity index is 463. The summed E-state index contributed by atoms with van der Waals surface area (Å²) in [6.45, 7) is 1.93. The summed E-state index contributed by atoms with van der Waals surface area (Å²) in [4.78, 5) is 21.7. The van der Waals surface area contributed by atoms with E-state index in [1.54, 1.807) is 6.33 Å². The van der Waals surface area contributed by atoms with Gasteiger partial charge in [0, 0.05) is 23.8 Å². The quantitative estimate of drug-likeness (QED) is 0.832. The minimum absolute atomic E-state index is 0.117. The number of carbonyl (C=O) groups is 1. The third-order valence-corrected chi connectivity index (χ3v) is 3.91. The van der Waals surface area contributed by atoms with Crippen LogP contribution < -0.4 is 4.90 Å². The Hall–Kier alpha value is -1.65. The lowest BCUT2D eigenvalue weighted by atomic mass is 9.89. The average Bonchev–Trinajstić information content (AvgIpc) is 2.85. The van der Waals surface area contributed by atoms with Gasteiger partial charge in [0.1, 0.15) is 12.1 Å². The Morgan fingerprint density at radius 3 is 2.94 bits per heavy atom. The molecule has 0 saturated carbocycles. The minimum atomic E-state index is -0.673. The van der Waals surface area contributed by atoms with Crippen molar-refractivity contribution < 1.29 is 9.90 Å². The molecule has 0 radical (unpaired) electrons. The van der Waals surface area contributed by atoms with E-state index in [4.69, 9.17) is 0 Å². The van der Waals surface area contributed by atoms with E-state index in [0.717, 1.165) is 30.8 Å². The largest absolute Gasteiger partial charge is 0.481 e. The van der Waals surface area contributed by atoms with Crippen molar-refractivity contribution >= 4 is 11.8 Å². The molecule has 2 aliphatic rings. The van der Waals surface area contributed by atoms with Gasteiger partial charge in [0.25, 0.3) is 0 Å². The maximum atomic E-state index is 11.2. The van der Waals surface area contributed by atoms with Gasteiger partial charge in [-0.1, -0.05) is 0 Å². The van der Waals surface area contributed by atoms with Crippen LogP contribution in [0.15, 0.2) is 12.4 Å². The number of aliphatic carboxylic acids is 1. The van der Waals surface area contributed by atoms with Crippen LogP contribution in [0.3, 0.4) is 0 Å². The molecule has 5 nitrogen and oxygen atoms in total. The van der Waals surface area contributed by atoms with Crippen molar-refractivity contribution in [3.8, 4) is 0 Å². The summed E-state index contributed by atoms with van der Waals surface area (Å²) in [5.41, 5.74) is 0.924. The van der Waals surface area contributed by atoms with Crippen LogP contribution in [0.5, 0.6) is 0 Å². The minimum Gasteiger partial charge on any atom is -0.481 e. The molecule has 3 heterocycles. The first-order valence-electron chi connectivity index (χ1n) is 5.96. The fraction of sp³-hybridized carbons (Fsp3) is 0.583. The molecule has 1 N–H and O–H groups in total. The summed E-state index contributed by atoms with van der Waals surface area (Å²) in [5.74, 6) is -0.0225. The Kier molecular flexibility index (Phi) is 2.28. The first-order valence-corrected chi connectivity index (χ1v) is 5.96. The van der Waals surface area contributed by atoms with Crippen LogP contribution in [0.1, 0.15) is 25.0 Å². The molecule has 2 bridgehead atoms. The van der Waals surface area contributed by atoms with Gasteiger partial charge in [-0.15, -0.1) is 0 Å². The first kappa shape index (κ1) is 10.5. The van der Waals surface area contributed by atoms with E-state index in [9.17, 15) is 9.90 Å². The highest BCUT2D eigenvalue weighted by atomic mass is 16.4. The molecule has 2 saturated heterocycles. The SMILES string of the molecule is Cc1cc(N2C3CCC2C(C(=O)O)C3)ncn1. The number of hydrogen-bond acceptors (Lipinski definition) is 4. The lowest BCUT2D eigenvalue weighted by Crippen LogP contribution is -2.33. The highest BCUT2D eigenvalue weighted by Crippen LogP contribution is 2.43. The number of carboxylic acids is 1. The molecule has 0 aromatic carbocycles. The van der Waals surface area contributed by atoms with Gasteiger partial charge in [-0.3, -0.25) is 4.79 Å². The van der Waals surface area contributed by atoms with Crippen LogP contribution >= 0.6 is 0 Å². The Balaban J connectivity index is 1.93. The zero-order valence-corrected chi connectivity index (χ0v) is 9.71. The molecule has 17 heavy (non-hydrogen) atoms. The molecule has 0 spiro atoms. The van der Waals surface area contributed by atoms with Gasteiger partial charge >= 0.3 is 5.97 Å². The summed E-state index contributed by atoms with van der Waals surface area (Å²) >= 11 is 0. The fourth-order valence-corrected chi connectivity index (χ4v) is 3.19. The molecule has 3 rings (SSSR count). The van der Waals surface area contributed by atoms with Crippen molar-refractivity contribution in [2.75, 3.05) is 4.90 Å². The van der Waals surface area contributed by atoms with Gasteiger partial charge in [-0.05, 0) is 26.2 Å². The maximum Gasteiger partial charge on any atom is 0.308 e. The van der Waals surface area contributed by atoms with Crippen LogP contribution in [0.2, 0.25) is 0 Å². The lowest BCUT2D eigenvalue weighted by Gasteiger charge is -2.24. The normalized spacial score (nSPS) is 30.9. The molecular weight excluding hydrogens is 218 g/mol. The van der Waals surface area contributed by atoms with Gasteiger partial charge in [-0.25, -0.2) is 9.97 Å². The van der Waals surface area contributed by atoms with Gasteiger partial charge in [0.05, 0.1) is 5.92 Å². The molecule has 3 atom stereocenters. The van der Waals surface area contributed by atoms with E-state index in [-0.39, 0.29) is 12.0 Å². The van der Waals surface area contributed by atoms with Crippen LogP contribution in [0, 0.1) is 12.8 Å². The van der Waals surface area contributed by atoms with Gasteiger partial charge in [0.2, 0.25) is 0 Å². The van der Waals surface area contributed by atoms with Crippen molar-refractivity contribution in [2.45, 2.75) is 38.3 Å². The lowest BCUT2D eigenvalue weighted by molar-refractivity contribution is -0.142. The van der Waals surface area contributed by atoms with E-state index in [1.807, 2.05) is 13.0 Å². The maximum absolute atomic E-state index is 11.2. The van der Waals surface area contributed by atoms with Crippen LogP contribution in [0.4, 0.5) is 5.82 Å². The molecular formula is C12H15N3O2. The number of aromatic nitrogens is 2. The second-order valence-corrected chi connectivity index (χ2v) is 4.90. The fourth-order valence-electron chi connectivity index (χ4n) is 3.19.